The first-order valence-corrected chi connectivity index (χ1v) is 11.5. The number of halogens is 3. The third-order valence-corrected chi connectivity index (χ3v) is 6.52. The number of anilines is 1. The smallest absolute Gasteiger partial charge is 0.332 e. The number of nitrogens with one attached hydrogen (secondary N) is 1. The van der Waals surface area contributed by atoms with E-state index in [0.29, 0.717) is 22.5 Å². The number of imidazole rings is 1. The Kier molecular flexibility index (Phi) is 6.08. The molecule has 0 aliphatic carbocycles. The molecule has 180 valence electrons. The molecule has 5 rings (SSSR count). The van der Waals surface area contributed by atoms with E-state index in [0.717, 1.165) is 26.2 Å². The molecule has 0 bridgehead atoms. The minimum atomic E-state index is -0.583. The summed E-state index contributed by atoms with van der Waals surface area (Å²) >= 11 is 6.47. The van der Waals surface area contributed by atoms with Crippen molar-refractivity contribution in [1.82, 2.24) is 14.5 Å². The van der Waals surface area contributed by atoms with Crippen LogP contribution in [-0.2, 0) is 7.05 Å². The van der Waals surface area contributed by atoms with Crippen molar-refractivity contribution in [3.63, 3.8) is 0 Å². The Bertz CT molecular complexity index is 1470. The molecular weight excluding hydrogens is 474 g/mol. The molecule has 3 aromatic carbocycles. The Morgan fingerprint density at radius 1 is 0.914 bits per heavy atom. The number of phenols is 1. The van der Waals surface area contributed by atoms with Crippen LogP contribution in [0, 0.1) is 11.6 Å². The second-order valence-corrected chi connectivity index (χ2v) is 8.92. The number of hydrogen-bond donors (Lipinski definition) is 2. The molecule has 2 N–H and O–H groups in total. The Hall–Kier alpha value is -3.62. The van der Waals surface area contributed by atoms with Crippen LogP contribution < -0.4 is 15.9 Å². The maximum Gasteiger partial charge on any atom is 0.332 e. The molecule has 0 spiro atoms. The summed E-state index contributed by atoms with van der Waals surface area (Å²) in [5.41, 5.74) is 2.09. The number of nitrogens with zero attached hydrogens (tertiary/aromatic N) is 3. The summed E-state index contributed by atoms with van der Waals surface area (Å²) in [7, 11) is 1.63. The first-order valence-electron chi connectivity index (χ1n) is 11.2. The van der Waals surface area contributed by atoms with Crippen molar-refractivity contribution in [1.29, 1.82) is 0 Å². The summed E-state index contributed by atoms with van der Waals surface area (Å²) in [6, 6.07) is 11.7. The number of piperazine rings is 1. The molecule has 1 saturated heterocycles. The van der Waals surface area contributed by atoms with Crippen LogP contribution in [0.1, 0.15) is 0 Å². The van der Waals surface area contributed by atoms with E-state index in [2.05, 4.69) is 5.32 Å². The van der Waals surface area contributed by atoms with Crippen molar-refractivity contribution in [2.24, 2.45) is 7.05 Å². The summed E-state index contributed by atoms with van der Waals surface area (Å²) in [5.74, 6) is -1.24. The highest BCUT2D eigenvalue weighted by Crippen LogP contribution is 2.41. The Balaban J connectivity index is 1.58. The fraction of sp³-hybridized carbons (Fsp3) is 0.192. The number of phenolic OH excluding ortho intramolecular Hbond substituents is 1. The molecule has 6 nitrogen and oxygen atoms in total. The van der Waals surface area contributed by atoms with Gasteiger partial charge < -0.3 is 19.9 Å². The van der Waals surface area contributed by atoms with Crippen molar-refractivity contribution >= 4 is 17.3 Å². The van der Waals surface area contributed by atoms with Gasteiger partial charge in [0.1, 0.15) is 17.4 Å². The van der Waals surface area contributed by atoms with Gasteiger partial charge in [-0.15, -0.1) is 0 Å². The lowest BCUT2D eigenvalue weighted by Gasteiger charge is -2.30. The highest BCUT2D eigenvalue weighted by Gasteiger charge is 2.18. The number of aromatic nitrogens is 2. The molecule has 1 aromatic heterocycles. The molecule has 1 fully saturated rings. The Morgan fingerprint density at radius 2 is 1.60 bits per heavy atom. The van der Waals surface area contributed by atoms with E-state index in [1.54, 1.807) is 43.7 Å². The van der Waals surface area contributed by atoms with Crippen LogP contribution in [0.15, 0.2) is 65.7 Å². The maximum absolute atomic E-state index is 14.7. The largest absolute Gasteiger partial charge is 0.507 e. The fourth-order valence-electron chi connectivity index (χ4n) is 4.39. The summed E-state index contributed by atoms with van der Waals surface area (Å²) < 4.78 is 32.1. The predicted octanol–water partition coefficient (Wildman–Crippen LogP) is 4.56. The van der Waals surface area contributed by atoms with Crippen molar-refractivity contribution in [2.75, 3.05) is 31.1 Å². The molecule has 35 heavy (non-hydrogen) atoms. The van der Waals surface area contributed by atoms with Crippen LogP contribution in [0.5, 0.6) is 5.75 Å². The van der Waals surface area contributed by atoms with Gasteiger partial charge in [0.25, 0.3) is 0 Å². The second-order valence-electron chi connectivity index (χ2n) is 8.51. The van der Waals surface area contributed by atoms with Crippen molar-refractivity contribution < 1.29 is 13.9 Å². The number of benzene rings is 3. The first kappa shape index (κ1) is 23.1. The van der Waals surface area contributed by atoms with Gasteiger partial charge in [0.05, 0.1) is 10.7 Å². The topological polar surface area (TPSA) is 62.4 Å². The highest BCUT2D eigenvalue weighted by molar-refractivity contribution is 6.32. The normalized spacial score (nSPS) is 13.9. The van der Waals surface area contributed by atoms with Crippen LogP contribution in [0.4, 0.5) is 14.5 Å². The Morgan fingerprint density at radius 3 is 2.26 bits per heavy atom. The standard InChI is InChI=1S/C26H23ClF2N4O2/c1-31-8-9-33(26(31)35)24-3-2-16(12-23(24)27)21-14-19(29)15-22(25(21)34)17-10-18(28)13-20(11-17)32-6-4-30-5-7-32/h2-3,8-15,30,34H,4-7H2,1H3. The van der Waals surface area contributed by atoms with Crippen molar-refractivity contribution in [3.05, 3.63) is 88.1 Å². The molecular formula is C26H23ClF2N4O2. The van der Waals surface area contributed by atoms with Crippen LogP contribution >= 0.6 is 11.6 Å². The van der Waals surface area contributed by atoms with Gasteiger partial charge in [-0.2, -0.15) is 0 Å². The zero-order valence-corrected chi connectivity index (χ0v) is 19.7. The lowest BCUT2D eigenvalue weighted by Crippen LogP contribution is -2.43. The zero-order valence-electron chi connectivity index (χ0n) is 18.9. The van der Waals surface area contributed by atoms with Gasteiger partial charge >= 0.3 is 5.69 Å². The van der Waals surface area contributed by atoms with Gasteiger partial charge in [-0.3, -0.25) is 4.57 Å². The van der Waals surface area contributed by atoms with Gasteiger partial charge in [0, 0.05) is 62.4 Å². The summed E-state index contributed by atoms with van der Waals surface area (Å²) in [6.07, 6.45) is 3.21. The van der Waals surface area contributed by atoms with Gasteiger partial charge in [-0.25, -0.2) is 13.6 Å². The average Bonchev–Trinajstić information content (AvgIpc) is 3.18. The number of aryl methyl sites for hydroxylation is 1. The van der Waals surface area contributed by atoms with Crippen LogP contribution in [0.3, 0.4) is 0 Å². The Labute approximate surface area is 205 Å². The van der Waals surface area contributed by atoms with E-state index in [1.165, 1.54) is 33.4 Å². The molecule has 0 radical (unpaired) electrons. The highest BCUT2D eigenvalue weighted by atomic mass is 35.5. The quantitative estimate of drug-likeness (QED) is 0.435. The molecule has 2 heterocycles. The predicted molar refractivity (Wildman–Crippen MR) is 134 cm³/mol. The summed E-state index contributed by atoms with van der Waals surface area (Å²) in [4.78, 5) is 14.3. The lowest BCUT2D eigenvalue weighted by molar-refractivity contribution is 0.477. The average molecular weight is 497 g/mol. The minimum Gasteiger partial charge on any atom is -0.507 e. The van der Waals surface area contributed by atoms with Crippen LogP contribution in [0.2, 0.25) is 5.02 Å². The van der Waals surface area contributed by atoms with E-state index >= 15 is 0 Å². The number of aromatic hydroxyl groups is 1. The second kappa shape index (κ2) is 9.20. The number of hydrogen-bond acceptors (Lipinski definition) is 4. The zero-order chi connectivity index (χ0) is 24.7. The van der Waals surface area contributed by atoms with E-state index < -0.39 is 11.6 Å². The third kappa shape index (κ3) is 4.42. The first-order chi connectivity index (χ1) is 16.8. The molecule has 1 aliphatic rings. The summed E-state index contributed by atoms with van der Waals surface area (Å²) in [6.45, 7) is 3.01. The van der Waals surface area contributed by atoms with Crippen molar-refractivity contribution in [3.8, 4) is 33.7 Å². The van der Waals surface area contributed by atoms with E-state index in [9.17, 15) is 18.7 Å². The summed E-state index contributed by atoms with van der Waals surface area (Å²) in [5, 5.41) is 14.6. The number of rotatable bonds is 4. The molecule has 0 unspecified atom stereocenters. The molecule has 9 heteroatoms. The van der Waals surface area contributed by atoms with E-state index in [-0.39, 0.29) is 27.6 Å². The lowest BCUT2D eigenvalue weighted by atomic mass is 9.96. The SMILES string of the molecule is Cn1ccn(-c2ccc(-c3cc(F)cc(-c4cc(F)cc(N5CCNCC5)c4)c3O)cc2Cl)c1=O. The van der Waals surface area contributed by atoms with Crippen molar-refractivity contribution in [2.45, 2.75) is 0 Å². The molecule has 0 amide bonds. The van der Waals surface area contributed by atoms with Gasteiger partial charge in [0.2, 0.25) is 0 Å². The molecule has 4 aromatic rings. The van der Waals surface area contributed by atoms with Crippen LogP contribution in [0.25, 0.3) is 27.9 Å². The molecule has 1 aliphatic heterocycles. The van der Waals surface area contributed by atoms with E-state index in [4.69, 9.17) is 11.6 Å². The minimum absolute atomic E-state index is 0.176. The van der Waals surface area contributed by atoms with Gasteiger partial charge in [-0.1, -0.05) is 17.7 Å². The van der Waals surface area contributed by atoms with E-state index in [1.807, 2.05) is 4.90 Å². The van der Waals surface area contributed by atoms with Gasteiger partial charge in [-0.05, 0) is 53.6 Å². The third-order valence-electron chi connectivity index (χ3n) is 6.22. The molecule has 0 saturated carbocycles. The van der Waals surface area contributed by atoms with Crippen LogP contribution in [-0.4, -0.2) is 40.4 Å². The van der Waals surface area contributed by atoms with Gasteiger partial charge in [0.15, 0.2) is 0 Å². The molecule has 0 atom stereocenters. The maximum atomic E-state index is 14.7. The fourth-order valence-corrected chi connectivity index (χ4v) is 4.66. The monoisotopic (exact) mass is 496 g/mol.